The van der Waals surface area contributed by atoms with E-state index in [0.717, 1.165) is 16.5 Å². The van der Waals surface area contributed by atoms with Gasteiger partial charge in [-0.25, -0.2) is 0 Å². The van der Waals surface area contributed by atoms with E-state index in [1.807, 2.05) is 53.7 Å². The average molecular weight is 477 g/mol. The van der Waals surface area contributed by atoms with E-state index in [1.54, 1.807) is 0 Å². The van der Waals surface area contributed by atoms with Crippen LogP contribution in [-0.4, -0.2) is 32.6 Å². The second-order valence-electron chi connectivity index (χ2n) is 9.83. The monoisotopic (exact) mass is 476 g/mol. The number of rotatable bonds is 4. The van der Waals surface area contributed by atoms with Crippen LogP contribution >= 0.6 is 0 Å². The number of phenols is 5. The first-order chi connectivity index (χ1) is 16.4. The first-order valence-corrected chi connectivity index (χ1v) is 11.7. The van der Waals surface area contributed by atoms with Gasteiger partial charge in [-0.1, -0.05) is 39.8 Å². The molecule has 0 saturated carbocycles. The van der Waals surface area contributed by atoms with Gasteiger partial charge in [0, 0.05) is 33.0 Å². The molecule has 0 radical (unpaired) electrons. The molecule has 0 heterocycles. The third kappa shape index (κ3) is 3.55. The lowest BCUT2D eigenvalue weighted by atomic mass is 9.85. The Morgan fingerprint density at radius 2 is 1.00 bits per heavy atom. The number of phenolic OH excluding ortho intramolecular Hbond substituents is 5. The van der Waals surface area contributed by atoms with Crippen LogP contribution in [-0.2, 0) is 0 Å². The van der Waals surface area contributed by atoms with E-state index in [9.17, 15) is 25.5 Å². The number of aromatic hydroxyl groups is 5. The van der Waals surface area contributed by atoms with Crippen molar-refractivity contribution in [3.8, 4) is 45.6 Å². The van der Waals surface area contributed by atoms with Gasteiger partial charge in [-0.3, -0.25) is 0 Å². The van der Waals surface area contributed by atoms with Gasteiger partial charge in [0.1, 0.15) is 11.5 Å². The zero-order valence-corrected chi connectivity index (χ0v) is 21.1. The third-order valence-corrected chi connectivity index (χ3v) is 6.80. The Balaban J connectivity index is 2.15. The third-order valence-electron chi connectivity index (χ3n) is 6.80. The normalized spacial score (nSPS) is 11.8. The van der Waals surface area contributed by atoms with Crippen LogP contribution in [0.4, 0.5) is 0 Å². The Morgan fingerprint density at radius 3 is 1.43 bits per heavy atom. The molecule has 0 unspecified atom stereocenters. The summed E-state index contributed by atoms with van der Waals surface area (Å²) in [4.78, 5) is 0. The number of benzene rings is 4. The summed E-state index contributed by atoms with van der Waals surface area (Å²) in [6.45, 7) is 11.5. The second kappa shape index (κ2) is 8.45. The van der Waals surface area contributed by atoms with Gasteiger partial charge >= 0.3 is 0 Å². The van der Waals surface area contributed by atoms with Crippen molar-refractivity contribution >= 4 is 21.5 Å². The summed E-state index contributed by atoms with van der Waals surface area (Å²) in [5.41, 5.74) is 3.62. The Labute approximate surface area is 204 Å². The highest BCUT2D eigenvalue weighted by Crippen LogP contribution is 2.52. The molecule has 4 rings (SSSR count). The highest BCUT2D eigenvalue weighted by Gasteiger charge is 2.26. The lowest BCUT2D eigenvalue weighted by Gasteiger charge is -2.22. The Kier molecular flexibility index (Phi) is 5.87. The van der Waals surface area contributed by atoms with Gasteiger partial charge in [-0.05, 0) is 59.7 Å². The maximum Gasteiger partial charge on any atom is 0.164 e. The van der Waals surface area contributed by atoms with Crippen molar-refractivity contribution in [1.29, 1.82) is 0 Å². The average Bonchev–Trinajstić information content (AvgIpc) is 2.77. The molecule has 4 aromatic rings. The Bertz CT molecular complexity index is 1500. The SMILES string of the molecule is COc1c(O)cc2c(O)c(-c3c(C)cc4c(C(C)C)c(O)c(O)cc4c3O)c(C)cc2c1C(C)C. The summed E-state index contributed by atoms with van der Waals surface area (Å²) in [7, 11) is 1.50. The number of ether oxygens (including phenoxy) is 1. The van der Waals surface area contributed by atoms with Crippen LogP contribution in [0.2, 0.25) is 0 Å². The quantitative estimate of drug-likeness (QED) is 0.202. The molecule has 0 amide bonds. The zero-order chi connectivity index (χ0) is 25.9. The molecule has 0 aliphatic carbocycles. The van der Waals surface area contributed by atoms with Crippen LogP contribution in [0, 0.1) is 13.8 Å². The van der Waals surface area contributed by atoms with Gasteiger partial charge in [0.2, 0.25) is 0 Å². The fourth-order valence-electron chi connectivity index (χ4n) is 5.31. The standard InChI is InChI=1S/C29H32O6/c1-12(2)22-16-8-14(5)24(26(32)18(16)10-20(30)28(22)34)25-15(6)9-17-19(27(25)33)11-21(31)29(35-7)23(17)13(3)4/h8-13,30-34H,1-7H3. The van der Waals surface area contributed by atoms with Gasteiger partial charge in [-0.15, -0.1) is 0 Å². The molecular weight excluding hydrogens is 444 g/mol. The van der Waals surface area contributed by atoms with E-state index in [1.165, 1.54) is 19.2 Å². The van der Waals surface area contributed by atoms with E-state index in [-0.39, 0.29) is 40.6 Å². The molecule has 6 nitrogen and oxygen atoms in total. The van der Waals surface area contributed by atoms with Crippen molar-refractivity contribution in [3.05, 3.63) is 46.5 Å². The van der Waals surface area contributed by atoms with Crippen molar-refractivity contribution < 1.29 is 30.3 Å². The van der Waals surface area contributed by atoms with E-state index >= 15 is 0 Å². The maximum atomic E-state index is 11.5. The minimum Gasteiger partial charge on any atom is -0.507 e. The van der Waals surface area contributed by atoms with Crippen molar-refractivity contribution in [1.82, 2.24) is 0 Å². The molecule has 0 spiro atoms. The first kappa shape index (κ1) is 24.3. The van der Waals surface area contributed by atoms with Gasteiger partial charge < -0.3 is 30.3 Å². The Morgan fingerprint density at radius 1 is 0.571 bits per heavy atom. The Hall–Kier alpha value is -3.80. The molecule has 0 saturated heterocycles. The number of methoxy groups -OCH3 is 1. The molecule has 5 N–H and O–H groups in total. The highest BCUT2D eigenvalue weighted by molar-refractivity contribution is 6.06. The van der Waals surface area contributed by atoms with Crippen LogP contribution < -0.4 is 4.74 Å². The largest absolute Gasteiger partial charge is 0.507 e. The van der Waals surface area contributed by atoms with Crippen molar-refractivity contribution in [3.63, 3.8) is 0 Å². The van der Waals surface area contributed by atoms with E-state index in [4.69, 9.17) is 4.74 Å². The number of fused-ring (bicyclic) bond motifs is 2. The van der Waals surface area contributed by atoms with Gasteiger partial charge in [0.05, 0.1) is 7.11 Å². The lowest BCUT2D eigenvalue weighted by Crippen LogP contribution is -1.99. The molecule has 6 heteroatoms. The molecule has 0 atom stereocenters. The van der Waals surface area contributed by atoms with Crippen molar-refractivity contribution in [2.24, 2.45) is 0 Å². The van der Waals surface area contributed by atoms with Gasteiger partial charge in [-0.2, -0.15) is 0 Å². The van der Waals surface area contributed by atoms with Gasteiger partial charge in [0.15, 0.2) is 23.0 Å². The van der Waals surface area contributed by atoms with Gasteiger partial charge in [0.25, 0.3) is 0 Å². The maximum absolute atomic E-state index is 11.5. The molecule has 0 aliphatic heterocycles. The molecule has 4 aromatic carbocycles. The predicted octanol–water partition coefficient (Wildman–Crippen LogP) is 7.06. The molecular formula is C29H32O6. The molecule has 0 aromatic heterocycles. The summed E-state index contributed by atoms with van der Waals surface area (Å²) < 4.78 is 5.46. The first-order valence-electron chi connectivity index (χ1n) is 11.7. The van der Waals surface area contributed by atoms with Crippen LogP contribution in [0.5, 0.6) is 34.5 Å². The lowest BCUT2D eigenvalue weighted by molar-refractivity contribution is 0.368. The summed E-state index contributed by atoms with van der Waals surface area (Å²) in [6, 6.07) is 6.61. The molecule has 0 aliphatic rings. The highest BCUT2D eigenvalue weighted by atomic mass is 16.5. The van der Waals surface area contributed by atoms with Crippen LogP contribution in [0.1, 0.15) is 61.8 Å². The molecule has 184 valence electrons. The smallest absolute Gasteiger partial charge is 0.164 e. The summed E-state index contributed by atoms with van der Waals surface area (Å²) in [5, 5.41) is 56.6. The number of hydrogen-bond donors (Lipinski definition) is 5. The van der Waals surface area contributed by atoms with Crippen molar-refractivity contribution in [2.75, 3.05) is 7.11 Å². The summed E-state index contributed by atoms with van der Waals surface area (Å²) >= 11 is 0. The summed E-state index contributed by atoms with van der Waals surface area (Å²) in [5.74, 6) is -0.460. The number of aryl methyl sites for hydroxylation is 2. The zero-order valence-electron chi connectivity index (χ0n) is 21.1. The number of hydrogen-bond acceptors (Lipinski definition) is 6. The minimum atomic E-state index is -0.315. The van der Waals surface area contributed by atoms with E-state index < -0.39 is 0 Å². The fraction of sp³-hybridized carbons (Fsp3) is 0.310. The van der Waals surface area contributed by atoms with Crippen LogP contribution in [0.3, 0.4) is 0 Å². The van der Waals surface area contributed by atoms with E-state index in [0.29, 0.717) is 44.2 Å². The fourth-order valence-corrected chi connectivity index (χ4v) is 5.31. The van der Waals surface area contributed by atoms with Crippen molar-refractivity contribution in [2.45, 2.75) is 53.4 Å². The van der Waals surface area contributed by atoms with Crippen LogP contribution in [0.25, 0.3) is 32.7 Å². The molecule has 0 fully saturated rings. The predicted molar refractivity (Wildman–Crippen MR) is 139 cm³/mol. The minimum absolute atomic E-state index is 0.0186. The molecule has 0 bridgehead atoms. The molecule has 35 heavy (non-hydrogen) atoms. The van der Waals surface area contributed by atoms with E-state index in [2.05, 4.69) is 0 Å². The summed E-state index contributed by atoms with van der Waals surface area (Å²) in [6.07, 6.45) is 0. The second-order valence-corrected chi connectivity index (χ2v) is 9.83. The topological polar surface area (TPSA) is 110 Å². The van der Waals surface area contributed by atoms with Crippen LogP contribution in [0.15, 0.2) is 24.3 Å².